The van der Waals surface area contributed by atoms with Gasteiger partial charge in [-0.05, 0) is 80.8 Å². The maximum atomic E-state index is 14.1. The Kier molecular flexibility index (Phi) is 8.45. The molecule has 0 saturated carbocycles. The van der Waals surface area contributed by atoms with Crippen LogP contribution in [0.15, 0.2) is 78.9 Å². The van der Waals surface area contributed by atoms with Gasteiger partial charge in [0.1, 0.15) is 41.0 Å². The van der Waals surface area contributed by atoms with E-state index in [9.17, 15) is 14.0 Å². The van der Waals surface area contributed by atoms with Gasteiger partial charge in [0.05, 0.1) is 12.6 Å². The highest BCUT2D eigenvalue weighted by Gasteiger charge is 2.27. The van der Waals surface area contributed by atoms with Crippen LogP contribution in [0.25, 0.3) is 16.7 Å². The third kappa shape index (κ3) is 6.44. The van der Waals surface area contributed by atoms with Crippen molar-refractivity contribution in [2.24, 2.45) is 0 Å². The second-order valence-corrected chi connectivity index (χ2v) is 11.2. The zero-order valence-electron chi connectivity index (χ0n) is 25.5. The fourth-order valence-electron chi connectivity index (χ4n) is 5.48. The lowest BCUT2D eigenvalue weighted by Gasteiger charge is -2.33. The summed E-state index contributed by atoms with van der Waals surface area (Å²) < 4.78 is 36.9. The van der Waals surface area contributed by atoms with Gasteiger partial charge in [0.15, 0.2) is 0 Å². The number of rotatable bonds is 8. The Morgan fingerprint density at radius 3 is 2.36 bits per heavy atom. The summed E-state index contributed by atoms with van der Waals surface area (Å²) in [6, 6.07) is 20.0. The molecule has 4 aromatic rings. The van der Waals surface area contributed by atoms with Crippen molar-refractivity contribution in [3.05, 3.63) is 107 Å². The third-order valence-corrected chi connectivity index (χ3v) is 7.30. The summed E-state index contributed by atoms with van der Waals surface area (Å²) in [5, 5.41) is 3.58. The number of anilines is 1. The SMILES string of the molecule is COc1cc(OC(=O)c2ccccc2OC(C)=O)ccc1-c1ccc2c(c1COc1cc(F)ccc1C)C(C)=CC(C)(C)N2. The number of para-hydroxylation sites is 1. The number of aryl methyl sites for hydroxylation is 1. The first-order valence-corrected chi connectivity index (χ1v) is 14.2. The van der Waals surface area contributed by atoms with Crippen LogP contribution in [0.3, 0.4) is 0 Å². The molecule has 1 aliphatic heterocycles. The van der Waals surface area contributed by atoms with Gasteiger partial charge < -0.3 is 24.3 Å². The summed E-state index contributed by atoms with van der Waals surface area (Å²) in [6.07, 6.45) is 2.17. The van der Waals surface area contributed by atoms with Gasteiger partial charge in [0, 0.05) is 41.4 Å². The van der Waals surface area contributed by atoms with Gasteiger partial charge in [0.25, 0.3) is 0 Å². The Morgan fingerprint density at radius 2 is 1.61 bits per heavy atom. The molecule has 44 heavy (non-hydrogen) atoms. The largest absolute Gasteiger partial charge is 0.496 e. The van der Waals surface area contributed by atoms with Crippen molar-refractivity contribution in [3.63, 3.8) is 0 Å². The van der Waals surface area contributed by atoms with Crippen molar-refractivity contribution in [1.82, 2.24) is 0 Å². The molecule has 0 unspecified atom stereocenters. The number of esters is 2. The van der Waals surface area contributed by atoms with E-state index in [1.54, 1.807) is 37.4 Å². The van der Waals surface area contributed by atoms with Gasteiger partial charge in [-0.25, -0.2) is 9.18 Å². The molecule has 0 atom stereocenters. The molecule has 226 valence electrons. The first-order valence-electron chi connectivity index (χ1n) is 14.2. The molecule has 1 N–H and O–H groups in total. The highest BCUT2D eigenvalue weighted by Crippen LogP contribution is 2.43. The van der Waals surface area contributed by atoms with Crippen LogP contribution < -0.4 is 24.3 Å². The molecule has 0 fully saturated rings. The lowest BCUT2D eigenvalue weighted by molar-refractivity contribution is -0.131. The van der Waals surface area contributed by atoms with Gasteiger partial charge in [-0.15, -0.1) is 0 Å². The van der Waals surface area contributed by atoms with E-state index in [0.29, 0.717) is 11.5 Å². The molecule has 0 aromatic heterocycles. The van der Waals surface area contributed by atoms with Gasteiger partial charge in [-0.3, -0.25) is 4.79 Å². The summed E-state index contributed by atoms with van der Waals surface area (Å²) in [4.78, 5) is 24.5. The van der Waals surface area contributed by atoms with Crippen LogP contribution in [0.4, 0.5) is 10.1 Å². The van der Waals surface area contributed by atoms with Crippen molar-refractivity contribution in [1.29, 1.82) is 0 Å². The van der Waals surface area contributed by atoms with Crippen LogP contribution >= 0.6 is 0 Å². The fraction of sp³-hybridized carbons (Fsp3) is 0.222. The molecule has 1 heterocycles. The van der Waals surface area contributed by atoms with E-state index in [0.717, 1.165) is 39.1 Å². The number of nitrogens with one attached hydrogen (secondary N) is 1. The summed E-state index contributed by atoms with van der Waals surface area (Å²) in [5.74, 6) is -0.306. The first-order chi connectivity index (χ1) is 21.0. The molecule has 5 rings (SSSR count). The van der Waals surface area contributed by atoms with Crippen LogP contribution in [0.5, 0.6) is 23.0 Å². The lowest BCUT2D eigenvalue weighted by atomic mass is 9.85. The highest BCUT2D eigenvalue weighted by molar-refractivity contribution is 5.95. The zero-order valence-corrected chi connectivity index (χ0v) is 25.5. The standard InChI is InChI=1S/C36H34FNO6/c1-21-11-12-24(37)17-32(21)42-20-29-26(15-16-30-34(29)22(2)19-36(4,5)38-30)27-14-13-25(18-33(27)41-6)44-35(40)28-9-7-8-10-31(28)43-23(3)39/h7-19,38H,20H2,1-6H3. The molecule has 0 aliphatic carbocycles. The number of hydrogen-bond acceptors (Lipinski definition) is 7. The normalized spacial score (nSPS) is 13.2. The van der Waals surface area contributed by atoms with Crippen molar-refractivity contribution in [2.45, 2.75) is 46.8 Å². The zero-order chi connectivity index (χ0) is 31.6. The number of carbonyl (C=O) groups excluding carboxylic acids is 2. The topological polar surface area (TPSA) is 83.1 Å². The predicted molar refractivity (Wildman–Crippen MR) is 168 cm³/mol. The van der Waals surface area contributed by atoms with Crippen LogP contribution in [0.1, 0.15) is 54.7 Å². The number of fused-ring (bicyclic) bond motifs is 1. The smallest absolute Gasteiger partial charge is 0.347 e. The molecule has 4 aromatic carbocycles. The lowest BCUT2D eigenvalue weighted by Crippen LogP contribution is -2.32. The molecular weight excluding hydrogens is 561 g/mol. The maximum Gasteiger partial charge on any atom is 0.347 e. The molecule has 1 aliphatic rings. The van der Waals surface area contributed by atoms with Crippen LogP contribution in [-0.2, 0) is 11.4 Å². The number of allylic oxidation sites excluding steroid dienone is 1. The number of benzene rings is 4. The van der Waals surface area contributed by atoms with Gasteiger partial charge >= 0.3 is 11.9 Å². The van der Waals surface area contributed by atoms with Crippen LogP contribution in [0, 0.1) is 12.7 Å². The van der Waals surface area contributed by atoms with E-state index >= 15 is 0 Å². The quantitative estimate of drug-likeness (QED) is 0.163. The number of ether oxygens (including phenoxy) is 4. The number of methoxy groups -OCH3 is 1. The second kappa shape index (κ2) is 12.2. The van der Waals surface area contributed by atoms with Gasteiger partial charge in [-0.1, -0.05) is 30.3 Å². The molecule has 0 amide bonds. The minimum absolute atomic E-state index is 0.112. The van der Waals surface area contributed by atoms with Crippen molar-refractivity contribution in [2.75, 3.05) is 12.4 Å². The van der Waals surface area contributed by atoms with Crippen molar-refractivity contribution >= 4 is 23.2 Å². The summed E-state index contributed by atoms with van der Waals surface area (Å²) in [5.41, 5.74) is 6.22. The minimum Gasteiger partial charge on any atom is -0.496 e. The van der Waals surface area contributed by atoms with E-state index < -0.39 is 11.9 Å². The Bertz CT molecular complexity index is 1790. The predicted octanol–water partition coefficient (Wildman–Crippen LogP) is 8.14. The fourth-order valence-corrected chi connectivity index (χ4v) is 5.48. The van der Waals surface area contributed by atoms with E-state index in [1.807, 2.05) is 25.1 Å². The third-order valence-electron chi connectivity index (χ3n) is 7.30. The molecule has 0 bridgehead atoms. The maximum absolute atomic E-state index is 14.1. The molecule has 0 radical (unpaired) electrons. The number of hydrogen-bond donors (Lipinski definition) is 1. The van der Waals surface area contributed by atoms with Gasteiger partial charge in [0.2, 0.25) is 0 Å². The van der Waals surface area contributed by atoms with Crippen LogP contribution in [-0.4, -0.2) is 24.6 Å². The summed E-state index contributed by atoms with van der Waals surface area (Å²) >= 11 is 0. The van der Waals surface area contributed by atoms with E-state index in [-0.39, 0.29) is 35.0 Å². The highest BCUT2D eigenvalue weighted by atomic mass is 19.1. The molecule has 0 spiro atoms. The average molecular weight is 596 g/mol. The van der Waals surface area contributed by atoms with E-state index in [1.165, 1.54) is 31.2 Å². The van der Waals surface area contributed by atoms with Gasteiger partial charge in [-0.2, -0.15) is 0 Å². The van der Waals surface area contributed by atoms with Crippen LogP contribution in [0.2, 0.25) is 0 Å². The number of halogens is 1. The minimum atomic E-state index is -0.681. The first kappa shape index (κ1) is 30.4. The Balaban J connectivity index is 1.54. The van der Waals surface area contributed by atoms with E-state index in [4.69, 9.17) is 18.9 Å². The molecular formula is C36H34FNO6. The summed E-state index contributed by atoms with van der Waals surface area (Å²) in [7, 11) is 1.54. The Labute approximate surface area is 256 Å². The van der Waals surface area contributed by atoms with Crippen molar-refractivity contribution in [3.8, 4) is 34.1 Å². The van der Waals surface area contributed by atoms with E-state index in [2.05, 4.69) is 32.2 Å². The Hall–Kier alpha value is -5.11. The molecule has 0 saturated heterocycles. The molecule has 8 heteroatoms. The second-order valence-electron chi connectivity index (χ2n) is 11.2. The molecule has 7 nitrogen and oxygen atoms in total. The average Bonchev–Trinajstić information content (AvgIpc) is 2.96. The monoisotopic (exact) mass is 595 g/mol. The number of carbonyl (C=O) groups is 2. The summed E-state index contributed by atoms with van der Waals surface area (Å²) in [6.45, 7) is 9.58. The Morgan fingerprint density at radius 1 is 0.864 bits per heavy atom. The van der Waals surface area contributed by atoms with Crippen molar-refractivity contribution < 1.29 is 32.9 Å².